The first-order valence-corrected chi connectivity index (χ1v) is 6.25. The number of hydrogen-bond acceptors (Lipinski definition) is 6. The molecule has 0 fully saturated rings. The minimum atomic E-state index is -0.916. The first kappa shape index (κ1) is 13.9. The number of aromatic amines is 1. The first-order valence-electron chi connectivity index (χ1n) is 5.43. The Bertz CT molecular complexity index is 795. The molecule has 20 heavy (non-hydrogen) atoms. The van der Waals surface area contributed by atoms with Crippen LogP contribution in [-0.4, -0.2) is 20.7 Å². The number of primary amides is 1. The van der Waals surface area contributed by atoms with Crippen LogP contribution in [-0.2, 0) is 7.05 Å². The molecule has 0 atom stereocenters. The quantitative estimate of drug-likeness (QED) is 0.505. The van der Waals surface area contributed by atoms with Crippen LogP contribution in [0.4, 0.5) is 5.69 Å². The molecule has 0 aliphatic rings. The minimum absolute atomic E-state index is 0.190. The van der Waals surface area contributed by atoms with Crippen molar-refractivity contribution < 1.29 is 4.79 Å². The molecule has 5 N–H and O–H groups in total. The second-order valence-corrected chi connectivity index (χ2v) is 4.87. The number of aryl methyl sites for hydroxylation is 1. The van der Waals surface area contributed by atoms with Gasteiger partial charge in [-0.15, -0.1) is 0 Å². The van der Waals surface area contributed by atoms with Crippen LogP contribution < -0.4 is 22.6 Å². The van der Waals surface area contributed by atoms with Crippen LogP contribution in [0.3, 0.4) is 0 Å². The number of nitrogens with one attached hydrogen (secondary N) is 1. The maximum Gasteiger partial charge on any atom is 0.339 e. The summed E-state index contributed by atoms with van der Waals surface area (Å²) >= 11 is 0.975. The van der Waals surface area contributed by atoms with Crippen molar-refractivity contribution in [3.05, 3.63) is 44.5 Å². The fraction of sp³-hybridized carbons (Fsp3) is 0.0909. The van der Waals surface area contributed by atoms with E-state index in [1.807, 2.05) is 0 Å². The lowest BCUT2D eigenvalue weighted by molar-refractivity contribution is 0.0997. The number of carbonyl (C=O) groups is 1. The average Bonchev–Trinajstić information content (AvgIpc) is 2.37. The van der Waals surface area contributed by atoms with Crippen molar-refractivity contribution in [2.45, 2.75) is 10.1 Å². The van der Waals surface area contributed by atoms with E-state index in [0.717, 1.165) is 11.8 Å². The van der Waals surface area contributed by atoms with E-state index >= 15 is 0 Å². The molecule has 0 radical (unpaired) electrons. The van der Waals surface area contributed by atoms with Gasteiger partial charge >= 0.3 is 11.1 Å². The number of hydrogen-bond donors (Lipinski definition) is 3. The van der Waals surface area contributed by atoms with Crippen LogP contribution in [0.5, 0.6) is 0 Å². The van der Waals surface area contributed by atoms with Gasteiger partial charge in [-0.25, -0.2) is 0 Å². The van der Waals surface area contributed by atoms with Gasteiger partial charge in [0.05, 0.1) is 10.5 Å². The monoisotopic (exact) mass is 293 g/mol. The molecule has 0 saturated heterocycles. The van der Waals surface area contributed by atoms with Crippen molar-refractivity contribution in [3.8, 4) is 0 Å². The normalized spacial score (nSPS) is 10.4. The molecule has 0 unspecified atom stereocenters. The standard InChI is InChI=1S/C11H11N5O3S/c1-16-11(14-9(18)10(19)15-16)20-7-5(8(13)17)3-2-4-6(7)12/h2-4H,12H2,1H3,(H2,13,17)(H,15,19). The number of anilines is 1. The molecular weight excluding hydrogens is 282 g/mol. The van der Waals surface area contributed by atoms with Crippen LogP contribution in [0.15, 0.2) is 37.8 Å². The summed E-state index contributed by atoms with van der Waals surface area (Å²) in [7, 11) is 1.51. The lowest BCUT2D eigenvalue weighted by Crippen LogP contribution is -2.33. The molecule has 2 aromatic rings. The fourth-order valence-corrected chi connectivity index (χ4v) is 2.46. The Labute approximate surface area is 116 Å². The Morgan fingerprint density at radius 3 is 2.75 bits per heavy atom. The van der Waals surface area contributed by atoms with E-state index in [1.54, 1.807) is 12.1 Å². The summed E-state index contributed by atoms with van der Waals surface area (Å²) in [5.41, 5.74) is 9.89. The fourth-order valence-electron chi connectivity index (χ4n) is 1.51. The number of nitrogens with zero attached hydrogens (tertiary/aromatic N) is 2. The number of carbonyl (C=O) groups excluding carboxylic acids is 1. The van der Waals surface area contributed by atoms with Crippen LogP contribution in [0.1, 0.15) is 10.4 Å². The maximum absolute atomic E-state index is 11.4. The first-order chi connectivity index (χ1) is 9.40. The number of aromatic nitrogens is 3. The molecule has 2 rings (SSSR count). The van der Waals surface area contributed by atoms with Crippen LogP contribution in [0.2, 0.25) is 0 Å². The van der Waals surface area contributed by atoms with Gasteiger partial charge < -0.3 is 11.5 Å². The maximum atomic E-state index is 11.4. The summed E-state index contributed by atoms with van der Waals surface area (Å²) in [6.07, 6.45) is 0. The second kappa shape index (κ2) is 5.21. The molecule has 1 aromatic carbocycles. The highest BCUT2D eigenvalue weighted by Gasteiger charge is 2.15. The summed E-state index contributed by atoms with van der Waals surface area (Å²) in [6.45, 7) is 0. The third kappa shape index (κ3) is 2.57. The predicted octanol–water partition coefficient (Wildman–Crippen LogP) is -0.699. The molecule has 1 amide bonds. The van der Waals surface area contributed by atoms with E-state index in [0.29, 0.717) is 10.6 Å². The van der Waals surface area contributed by atoms with Crippen molar-refractivity contribution in [3.63, 3.8) is 0 Å². The van der Waals surface area contributed by atoms with Crippen molar-refractivity contribution in [1.82, 2.24) is 14.8 Å². The van der Waals surface area contributed by atoms with Gasteiger partial charge in [0.25, 0.3) is 0 Å². The molecule has 0 aliphatic carbocycles. The molecule has 0 aliphatic heterocycles. The van der Waals surface area contributed by atoms with Gasteiger partial charge in [0, 0.05) is 12.7 Å². The minimum Gasteiger partial charge on any atom is -0.398 e. The van der Waals surface area contributed by atoms with E-state index in [-0.39, 0.29) is 10.7 Å². The largest absolute Gasteiger partial charge is 0.398 e. The summed E-state index contributed by atoms with van der Waals surface area (Å²) in [5, 5.41) is 2.49. The van der Waals surface area contributed by atoms with Gasteiger partial charge in [-0.3, -0.25) is 24.2 Å². The SMILES string of the molecule is Cn1[nH]c(=O)c(=O)nc1Sc1c(N)cccc1C(N)=O. The van der Waals surface area contributed by atoms with E-state index < -0.39 is 17.0 Å². The Hall–Kier alpha value is -2.55. The zero-order valence-corrected chi connectivity index (χ0v) is 11.2. The molecule has 8 nitrogen and oxygen atoms in total. The van der Waals surface area contributed by atoms with E-state index in [9.17, 15) is 14.4 Å². The third-order valence-corrected chi connectivity index (χ3v) is 3.66. The summed E-state index contributed by atoms with van der Waals surface area (Å²) in [6, 6.07) is 4.71. The number of benzene rings is 1. The lowest BCUT2D eigenvalue weighted by atomic mass is 10.2. The average molecular weight is 293 g/mol. The molecule has 1 aromatic heterocycles. The van der Waals surface area contributed by atoms with E-state index in [4.69, 9.17) is 11.5 Å². The van der Waals surface area contributed by atoms with Crippen LogP contribution in [0.25, 0.3) is 0 Å². The van der Waals surface area contributed by atoms with Gasteiger partial charge in [-0.2, -0.15) is 4.98 Å². The number of amides is 1. The molecule has 0 bridgehead atoms. The molecule has 0 spiro atoms. The van der Waals surface area contributed by atoms with E-state index in [2.05, 4.69) is 10.1 Å². The van der Waals surface area contributed by atoms with Gasteiger partial charge in [-0.05, 0) is 23.9 Å². The molecule has 1 heterocycles. The summed E-state index contributed by atoms with van der Waals surface area (Å²) < 4.78 is 1.27. The number of nitrogens with two attached hydrogens (primary N) is 2. The summed E-state index contributed by atoms with van der Waals surface area (Å²) in [5.74, 6) is -0.644. The Kier molecular flexibility index (Phi) is 3.61. The highest BCUT2D eigenvalue weighted by atomic mass is 32.2. The molecule has 0 saturated carbocycles. The highest BCUT2D eigenvalue weighted by Crippen LogP contribution is 2.32. The predicted molar refractivity (Wildman–Crippen MR) is 73.6 cm³/mol. The lowest BCUT2D eigenvalue weighted by Gasteiger charge is -2.10. The van der Waals surface area contributed by atoms with Crippen molar-refractivity contribution in [1.29, 1.82) is 0 Å². The zero-order chi connectivity index (χ0) is 14.9. The van der Waals surface area contributed by atoms with E-state index in [1.165, 1.54) is 17.8 Å². The van der Waals surface area contributed by atoms with Gasteiger partial charge in [0.2, 0.25) is 5.91 Å². The zero-order valence-electron chi connectivity index (χ0n) is 10.4. The second-order valence-electron chi connectivity index (χ2n) is 3.89. The molecular formula is C11H11N5O3S. The molecule has 9 heteroatoms. The third-order valence-electron chi connectivity index (χ3n) is 2.45. The Morgan fingerprint density at radius 2 is 2.10 bits per heavy atom. The Balaban J connectivity index is 2.56. The van der Waals surface area contributed by atoms with Gasteiger partial charge in [-0.1, -0.05) is 6.07 Å². The van der Waals surface area contributed by atoms with Crippen LogP contribution in [0, 0.1) is 0 Å². The smallest absolute Gasteiger partial charge is 0.339 e. The van der Waals surface area contributed by atoms with Gasteiger partial charge in [0.15, 0.2) is 5.16 Å². The highest BCUT2D eigenvalue weighted by molar-refractivity contribution is 7.99. The van der Waals surface area contributed by atoms with Crippen molar-refractivity contribution in [2.75, 3.05) is 5.73 Å². The number of rotatable bonds is 3. The Morgan fingerprint density at radius 1 is 1.40 bits per heavy atom. The number of nitrogen functional groups attached to an aromatic ring is 1. The van der Waals surface area contributed by atoms with Crippen LogP contribution >= 0.6 is 11.8 Å². The number of H-pyrrole nitrogens is 1. The van der Waals surface area contributed by atoms with Crippen molar-refractivity contribution in [2.24, 2.45) is 12.8 Å². The van der Waals surface area contributed by atoms with Gasteiger partial charge in [0.1, 0.15) is 0 Å². The molecule has 104 valence electrons. The topological polar surface area (TPSA) is 137 Å². The van der Waals surface area contributed by atoms with Crippen molar-refractivity contribution >= 4 is 23.4 Å². The summed E-state index contributed by atoms with van der Waals surface area (Å²) in [4.78, 5) is 37.8.